The van der Waals surface area contributed by atoms with Crippen LogP contribution in [0.25, 0.3) is 0 Å². The predicted molar refractivity (Wildman–Crippen MR) is 95.0 cm³/mol. The minimum absolute atomic E-state index is 0.0620. The van der Waals surface area contributed by atoms with Crippen LogP contribution in [-0.2, 0) is 11.3 Å². The van der Waals surface area contributed by atoms with Crippen LogP contribution < -0.4 is 10.2 Å². The fourth-order valence-corrected chi connectivity index (χ4v) is 2.99. The maximum atomic E-state index is 12.3. The Hall–Kier alpha value is -2.14. The number of carbonyl (C=O) groups excluding carboxylic acids is 1. The molecular formula is C18H21ClN4O. The quantitative estimate of drug-likeness (QED) is 0.926. The third-order valence-electron chi connectivity index (χ3n) is 4.35. The summed E-state index contributed by atoms with van der Waals surface area (Å²) in [6.45, 7) is 4.13. The zero-order chi connectivity index (χ0) is 16.9. The molecule has 6 heteroatoms. The number of hydrogen-bond donors (Lipinski definition) is 1. The van der Waals surface area contributed by atoms with Crippen LogP contribution >= 0.6 is 11.6 Å². The van der Waals surface area contributed by atoms with Crippen molar-refractivity contribution in [3.63, 3.8) is 0 Å². The van der Waals surface area contributed by atoms with Gasteiger partial charge in [-0.15, -0.1) is 5.10 Å². The molecular weight excluding hydrogens is 324 g/mol. The minimum atomic E-state index is 0.0620. The van der Waals surface area contributed by atoms with Crippen LogP contribution in [0, 0.1) is 12.8 Å². The van der Waals surface area contributed by atoms with Crippen molar-refractivity contribution in [3.8, 4) is 0 Å². The average Bonchev–Trinajstić information content (AvgIpc) is 2.62. The summed E-state index contributed by atoms with van der Waals surface area (Å²) in [7, 11) is 0. The molecule has 1 aliphatic heterocycles. The number of carbonyl (C=O) groups is 1. The van der Waals surface area contributed by atoms with Crippen molar-refractivity contribution in [3.05, 3.63) is 52.7 Å². The molecule has 2 aromatic rings. The molecule has 0 spiro atoms. The molecule has 1 amide bonds. The Kier molecular flexibility index (Phi) is 5.30. The van der Waals surface area contributed by atoms with Gasteiger partial charge in [-0.05, 0) is 49.6 Å². The van der Waals surface area contributed by atoms with Gasteiger partial charge in [0.15, 0.2) is 5.82 Å². The Morgan fingerprint density at radius 2 is 1.88 bits per heavy atom. The number of amides is 1. The van der Waals surface area contributed by atoms with E-state index in [0.717, 1.165) is 43.0 Å². The molecule has 5 nitrogen and oxygen atoms in total. The predicted octanol–water partition coefficient (Wildman–Crippen LogP) is 2.97. The summed E-state index contributed by atoms with van der Waals surface area (Å²) in [5.74, 6) is 1.08. The van der Waals surface area contributed by atoms with Gasteiger partial charge in [-0.3, -0.25) is 4.79 Å². The molecule has 0 saturated carbocycles. The van der Waals surface area contributed by atoms with E-state index in [-0.39, 0.29) is 11.8 Å². The molecule has 3 rings (SSSR count). The second-order valence-corrected chi connectivity index (χ2v) is 6.57. The van der Waals surface area contributed by atoms with Crippen molar-refractivity contribution in [2.24, 2.45) is 5.92 Å². The SMILES string of the molecule is Cc1ccc(N2CCC(C(=O)NCc3ccc(Cl)cc3)CC2)nn1. The highest BCUT2D eigenvalue weighted by Crippen LogP contribution is 2.21. The number of aromatic nitrogens is 2. The van der Waals surface area contributed by atoms with Crippen molar-refractivity contribution in [2.45, 2.75) is 26.3 Å². The van der Waals surface area contributed by atoms with Gasteiger partial charge in [0.2, 0.25) is 5.91 Å². The third-order valence-corrected chi connectivity index (χ3v) is 4.61. The highest BCUT2D eigenvalue weighted by Gasteiger charge is 2.25. The molecule has 0 bridgehead atoms. The van der Waals surface area contributed by atoms with Crippen LogP contribution in [0.4, 0.5) is 5.82 Å². The Balaban J connectivity index is 1.48. The van der Waals surface area contributed by atoms with Gasteiger partial charge in [0, 0.05) is 30.6 Å². The van der Waals surface area contributed by atoms with Crippen molar-refractivity contribution >= 4 is 23.3 Å². The molecule has 1 saturated heterocycles. The van der Waals surface area contributed by atoms with Crippen LogP contribution in [-0.4, -0.2) is 29.2 Å². The van der Waals surface area contributed by atoms with Crippen molar-refractivity contribution in [1.29, 1.82) is 0 Å². The van der Waals surface area contributed by atoms with E-state index in [1.165, 1.54) is 0 Å². The van der Waals surface area contributed by atoms with Gasteiger partial charge in [-0.25, -0.2) is 0 Å². The average molecular weight is 345 g/mol. The second-order valence-electron chi connectivity index (χ2n) is 6.14. The molecule has 0 radical (unpaired) electrons. The molecule has 1 fully saturated rings. The molecule has 0 atom stereocenters. The topological polar surface area (TPSA) is 58.1 Å². The largest absolute Gasteiger partial charge is 0.355 e. The lowest BCUT2D eigenvalue weighted by Crippen LogP contribution is -2.40. The second kappa shape index (κ2) is 7.62. The van der Waals surface area contributed by atoms with Crippen molar-refractivity contribution in [1.82, 2.24) is 15.5 Å². The number of rotatable bonds is 4. The van der Waals surface area contributed by atoms with E-state index in [2.05, 4.69) is 20.4 Å². The summed E-state index contributed by atoms with van der Waals surface area (Å²) < 4.78 is 0. The number of anilines is 1. The van der Waals surface area contributed by atoms with Crippen molar-refractivity contribution in [2.75, 3.05) is 18.0 Å². The lowest BCUT2D eigenvalue weighted by atomic mass is 9.96. The van der Waals surface area contributed by atoms with Gasteiger partial charge in [0.25, 0.3) is 0 Å². The Bertz CT molecular complexity index is 679. The molecule has 126 valence electrons. The first kappa shape index (κ1) is 16.7. The van der Waals surface area contributed by atoms with Gasteiger partial charge < -0.3 is 10.2 Å². The number of halogens is 1. The maximum absolute atomic E-state index is 12.3. The Morgan fingerprint density at radius 1 is 1.17 bits per heavy atom. The fraction of sp³-hybridized carbons (Fsp3) is 0.389. The fourth-order valence-electron chi connectivity index (χ4n) is 2.87. The smallest absolute Gasteiger partial charge is 0.223 e. The first-order valence-electron chi connectivity index (χ1n) is 8.19. The summed E-state index contributed by atoms with van der Waals surface area (Å²) in [6.07, 6.45) is 1.67. The zero-order valence-corrected chi connectivity index (χ0v) is 14.5. The van der Waals surface area contributed by atoms with Gasteiger partial charge in [0.05, 0.1) is 5.69 Å². The Morgan fingerprint density at radius 3 is 2.50 bits per heavy atom. The van der Waals surface area contributed by atoms with Crippen LogP contribution in [0.15, 0.2) is 36.4 Å². The monoisotopic (exact) mass is 344 g/mol. The first-order chi connectivity index (χ1) is 11.6. The van der Waals surface area contributed by atoms with Crippen molar-refractivity contribution < 1.29 is 4.79 Å². The summed E-state index contributed by atoms with van der Waals surface area (Å²) in [4.78, 5) is 14.5. The lowest BCUT2D eigenvalue weighted by Gasteiger charge is -2.31. The van der Waals surface area contributed by atoms with E-state index in [1.807, 2.05) is 43.3 Å². The van der Waals surface area contributed by atoms with Crippen LogP contribution in [0.1, 0.15) is 24.1 Å². The van der Waals surface area contributed by atoms with Gasteiger partial charge in [0.1, 0.15) is 0 Å². The summed E-state index contributed by atoms with van der Waals surface area (Å²) in [6, 6.07) is 11.5. The minimum Gasteiger partial charge on any atom is -0.355 e. The summed E-state index contributed by atoms with van der Waals surface area (Å²) >= 11 is 5.87. The highest BCUT2D eigenvalue weighted by atomic mass is 35.5. The molecule has 24 heavy (non-hydrogen) atoms. The van der Waals surface area contributed by atoms with E-state index in [0.29, 0.717) is 11.6 Å². The Labute approximate surface area is 147 Å². The standard InChI is InChI=1S/C18H21ClN4O/c1-13-2-7-17(22-21-13)23-10-8-15(9-11-23)18(24)20-12-14-3-5-16(19)6-4-14/h2-7,15H,8-12H2,1H3,(H,20,24). The molecule has 1 aromatic carbocycles. The number of aryl methyl sites for hydroxylation is 1. The first-order valence-corrected chi connectivity index (χ1v) is 8.57. The van der Waals surface area contributed by atoms with E-state index in [9.17, 15) is 4.79 Å². The van der Waals surface area contributed by atoms with Gasteiger partial charge in [-0.2, -0.15) is 5.10 Å². The molecule has 1 aromatic heterocycles. The molecule has 0 aliphatic carbocycles. The maximum Gasteiger partial charge on any atom is 0.223 e. The molecule has 1 aliphatic rings. The van der Waals surface area contributed by atoms with E-state index >= 15 is 0 Å². The number of benzene rings is 1. The number of piperidine rings is 1. The summed E-state index contributed by atoms with van der Waals surface area (Å²) in [5, 5.41) is 12.0. The normalized spacial score (nSPS) is 15.3. The van der Waals surface area contributed by atoms with E-state index in [1.54, 1.807) is 0 Å². The number of nitrogens with one attached hydrogen (secondary N) is 1. The molecule has 1 N–H and O–H groups in total. The van der Waals surface area contributed by atoms with E-state index in [4.69, 9.17) is 11.6 Å². The molecule has 0 unspecified atom stereocenters. The van der Waals surface area contributed by atoms with Crippen LogP contribution in [0.2, 0.25) is 5.02 Å². The highest BCUT2D eigenvalue weighted by molar-refractivity contribution is 6.30. The number of hydrogen-bond acceptors (Lipinski definition) is 4. The van der Waals surface area contributed by atoms with Crippen LogP contribution in [0.3, 0.4) is 0 Å². The van der Waals surface area contributed by atoms with E-state index < -0.39 is 0 Å². The zero-order valence-electron chi connectivity index (χ0n) is 13.7. The van der Waals surface area contributed by atoms with Crippen LogP contribution in [0.5, 0.6) is 0 Å². The third kappa shape index (κ3) is 4.23. The lowest BCUT2D eigenvalue weighted by molar-refractivity contribution is -0.125. The number of nitrogens with zero attached hydrogens (tertiary/aromatic N) is 3. The molecule has 2 heterocycles. The summed E-state index contributed by atoms with van der Waals surface area (Å²) in [5.41, 5.74) is 1.97. The van der Waals surface area contributed by atoms with Gasteiger partial charge in [-0.1, -0.05) is 23.7 Å². The van der Waals surface area contributed by atoms with Gasteiger partial charge >= 0.3 is 0 Å².